The fourth-order valence-corrected chi connectivity index (χ4v) is 1.39. The van der Waals surface area contributed by atoms with Gasteiger partial charge in [0.15, 0.2) is 0 Å². The van der Waals surface area contributed by atoms with Crippen LogP contribution >= 0.6 is 0 Å². The summed E-state index contributed by atoms with van der Waals surface area (Å²) in [4.78, 5) is 13.1. The summed E-state index contributed by atoms with van der Waals surface area (Å²) in [5, 5.41) is 3.08. The van der Waals surface area contributed by atoms with Gasteiger partial charge in [0, 0.05) is 13.6 Å². The van der Waals surface area contributed by atoms with Gasteiger partial charge in [-0.15, -0.1) is 0 Å². The zero-order valence-corrected chi connectivity index (χ0v) is 10.4. The first kappa shape index (κ1) is 13.6. The summed E-state index contributed by atoms with van der Waals surface area (Å²) in [7, 11) is 1.78. The number of likely N-dealkylation sites (N-methyl/N-ethyl adjacent to an activating group) is 1. The van der Waals surface area contributed by atoms with E-state index < -0.39 is 0 Å². The van der Waals surface area contributed by atoms with Crippen LogP contribution in [-0.4, -0.2) is 37.5 Å². The molecule has 17 heavy (non-hydrogen) atoms. The third-order valence-corrected chi connectivity index (χ3v) is 2.68. The minimum Gasteiger partial charge on any atom is -0.345 e. The zero-order valence-electron chi connectivity index (χ0n) is 10.4. The molecule has 1 aromatic rings. The maximum atomic E-state index is 12.6. The minimum atomic E-state index is -0.221. The Labute approximate surface area is 102 Å². The van der Waals surface area contributed by atoms with Crippen molar-refractivity contribution in [3.8, 4) is 0 Å². The van der Waals surface area contributed by atoms with Crippen LogP contribution in [0.1, 0.15) is 12.5 Å². The predicted molar refractivity (Wildman–Crippen MR) is 66.3 cm³/mol. The number of halogens is 1. The van der Waals surface area contributed by atoms with Crippen LogP contribution in [0.15, 0.2) is 24.3 Å². The average molecular weight is 238 g/mol. The monoisotopic (exact) mass is 238 g/mol. The van der Waals surface area contributed by atoms with E-state index in [4.69, 9.17) is 0 Å². The van der Waals surface area contributed by atoms with Gasteiger partial charge in [0.05, 0.1) is 6.54 Å². The molecular formula is C13H19FN2O. The van der Waals surface area contributed by atoms with Crippen molar-refractivity contribution in [1.29, 1.82) is 0 Å². The van der Waals surface area contributed by atoms with E-state index in [1.807, 2.05) is 6.92 Å². The molecule has 0 aliphatic carbocycles. The lowest BCUT2D eigenvalue weighted by atomic mass is 10.1. The van der Waals surface area contributed by atoms with Gasteiger partial charge in [-0.3, -0.25) is 4.79 Å². The predicted octanol–water partition coefficient (Wildman–Crippen LogP) is 1.44. The Balaban J connectivity index is 2.20. The summed E-state index contributed by atoms with van der Waals surface area (Å²) < 4.78 is 12.6. The molecule has 0 radical (unpaired) electrons. The Morgan fingerprint density at radius 2 is 2.00 bits per heavy atom. The number of nitrogens with zero attached hydrogens (tertiary/aromatic N) is 1. The number of amides is 1. The highest BCUT2D eigenvalue weighted by atomic mass is 19.1. The average Bonchev–Trinajstić information content (AvgIpc) is 2.35. The topological polar surface area (TPSA) is 32.3 Å². The van der Waals surface area contributed by atoms with Gasteiger partial charge >= 0.3 is 0 Å². The minimum absolute atomic E-state index is 0.0895. The Kier molecular flexibility index (Phi) is 5.63. The van der Waals surface area contributed by atoms with Crippen LogP contribution in [0.25, 0.3) is 0 Å². The summed E-state index contributed by atoms with van der Waals surface area (Å²) in [5.74, 6) is -0.131. The van der Waals surface area contributed by atoms with Crippen molar-refractivity contribution in [2.75, 3.05) is 26.7 Å². The van der Waals surface area contributed by atoms with E-state index in [2.05, 4.69) is 5.32 Å². The molecule has 1 rings (SSSR count). The third kappa shape index (κ3) is 4.95. The molecule has 0 atom stereocenters. The van der Waals surface area contributed by atoms with E-state index in [-0.39, 0.29) is 11.7 Å². The third-order valence-electron chi connectivity index (χ3n) is 2.68. The van der Waals surface area contributed by atoms with Crippen LogP contribution in [0.2, 0.25) is 0 Å². The van der Waals surface area contributed by atoms with Gasteiger partial charge in [0.25, 0.3) is 0 Å². The van der Waals surface area contributed by atoms with Crippen molar-refractivity contribution >= 4 is 5.91 Å². The summed E-state index contributed by atoms with van der Waals surface area (Å²) in [6.45, 7) is 3.73. The van der Waals surface area contributed by atoms with Crippen LogP contribution in [0.5, 0.6) is 0 Å². The molecular weight excluding hydrogens is 219 g/mol. The van der Waals surface area contributed by atoms with Crippen molar-refractivity contribution in [1.82, 2.24) is 10.2 Å². The van der Waals surface area contributed by atoms with E-state index in [0.29, 0.717) is 6.54 Å². The van der Waals surface area contributed by atoms with Crippen molar-refractivity contribution in [2.24, 2.45) is 0 Å². The highest BCUT2D eigenvalue weighted by Gasteiger charge is 2.04. The summed E-state index contributed by atoms with van der Waals surface area (Å²) in [6.07, 6.45) is 0.795. The molecule has 3 nitrogen and oxygen atoms in total. The second-order valence-electron chi connectivity index (χ2n) is 3.96. The molecule has 1 amide bonds. The Morgan fingerprint density at radius 3 is 2.59 bits per heavy atom. The molecule has 0 saturated heterocycles. The first-order chi connectivity index (χ1) is 8.13. The highest BCUT2D eigenvalue weighted by molar-refractivity contribution is 5.77. The number of benzene rings is 1. The number of hydrogen-bond acceptors (Lipinski definition) is 2. The SMILES string of the molecule is CCN(C)C(=O)CNCCc1ccc(F)cc1. The maximum Gasteiger partial charge on any atom is 0.236 e. The molecule has 1 aromatic carbocycles. The second-order valence-corrected chi connectivity index (χ2v) is 3.96. The molecule has 4 heteroatoms. The van der Waals surface area contributed by atoms with Crippen molar-refractivity contribution in [3.63, 3.8) is 0 Å². The van der Waals surface area contributed by atoms with Gasteiger partial charge in [-0.25, -0.2) is 4.39 Å². The van der Waals surface area contributed by atoms with Crippen LogP contribution in [-0.2, 0) is 11.2 Å². The van der Waals surface area contributed by atoms with E-state index in [9.17, 15) is 9.18 Å². The summed E-state index contributed by atoms with van der Waals surface area (Å²) >= 11 is 0. The first-order valence-electron chi connectivity index (χ1n) is 5.82. The Hall–Kier alpha value is -1.42. The largest absolute Gasteiger partial charge is 0.345 e. The Morgan fingerprint density at radius 1 is 1.35 bits per heavy atom. The van der Waals surface area contributed by atoms with E-state index in [1.165, 1.54) is 12.1 Å². The van der Waals surface area contributed by atoms with Crippen LogP contribution in [0.4, 0.5) is 4.39 Å². The molecule has 1 N–H and O–H groups in total. The van der Waals surface area contributed by atoms with Gasteiger partial charge in [-0.2, -0.15) is 0 Å². The highest BCUT2D eigenvalue weighted by Crippen LogP contribution is 2.02. The van der Waals surface area contributed by atoms with Crippen molar-refractivity contribution in [2.45, 2.75) is 13.3 Å². The molecule has 0 spiro atoms. The van der Waals surface area contributed by atoms with Gasteiger partial charge < -0.3 is 10.2 Å². The molecule has 0 fully saturated rings. The van der Waals surface area contributed by atoms with Gasteiger partial charge in [-0.05, 0) is 37.6 Å². The van der Waals surface area contributed by atoms with Crippen molar-refractivity contribution in [3.05, 3.63) is 35.6 Å². The lowest BCUT2D eigenvalue weighted by Gasteiger charge is -2.14. The fraction of sp³-hybridized carbons (Fsp3) is 0.462. The van der Waals surface area contributed by atoms with Gasteiger partial charge in [0.2, 0.25) is 5.91 Å². The lowest BCUT2D eigenvalue weighted by molar-refractivity contribution is -0.128. The van der Waals surface area contributed by atoms with E-state index in [1.54, 1.807) is 24.1 Å². The normalized spacial score (nSPS) is 10.3. The van der Waals surface area contributed by atoms with Crippen molar-refractivity contribution < 1.29 is 9.18 Å². The standard InChI is InChI=1S/C13H19FN2O/c1-3-16(2)13(17)10-15-9-8-11-4-6-12(14)7-5-11/h4-7,15H,3,8-10H2,1-2H3. The number of carbonyl (C=O) groups excluding carboxylic acids is 1. The molecule has 0 saturated carbocycles. The molecule has 94 valence electrons. The van der Waals surface area contributed by atoms with Crippen LogP contribution < -0.4 is 5.32 Å². The molecule has 0 bridgehead atoms. The lowest BCUT2D eigenvalue weighted by Crippen LogP contribution is -2.36. The van der Waals surface area contributed by atoms with Crippen LogP contribution in [0.3, 0.4) is 0 Å². The van der Waals surface area contributed by atoms with Gasteiger partial charge in [0.1, 0.15) is 5.82 Å². The quantitative estimate of drug-likeness (QED) is 0.761. The smallest absolute Gasteiger partial charge is 0.236 e. The summed E-state index contributed by atoms with van der Waals surface area (Å²) in [5.41, 5.74) is 1.06. The van der Waals surface area contributed by atoms with E-state index >= 15 is 0 Å². The summed E-state index contributed by atoms with van der Waals surface area (Å²) in [6, 6.07) is 6.42. The van der Waals surface area contributed by atoms with Crippen LogP contribution in [0, 0.1) is 5.82 Å². The molecule has 0 aliphatic heterocycles. The first-order valence-corrected chi connectivity index (χ1v) is 5.82. The number of hydrogen-bond donors (Lipinski definition) is 1. The number of carbonyl (C=O) groups is 1. The second kappa shape index (κ2) is 7.01. The maximum absolute atomic E-state index is 12.6. The molecule has 0 aliphatic rings. The van der Waals surface area contributed by atoms with E-state index in [0.717, 1.165) is 25.1 Å². The number of rotatable bonds is 6. The molecule has 0 heterocycles. The molecule has 0 unspecified atom stereocenters. The number of nitrogens with one attached hydrogen (secondary N) is 1. The molecule has 0 aromatic heterocycles. The zero-order chi connectivity index (χ0) is 12.7. The Bertz CT molecular complexity index is 351. The fourth-order valence-electron chi connectivity index (χ4n) is 1.39. The van der Waals surface area contributed by atoms with Gasteiger partial charge in [-0.1, -0.05) is 12.1 Å².